The van der Waals surface area contributed by atoms with Crippen molar-refractivity contribution in [3.63, 3.8) is 0 Å². The van der Waals surface area contributed by atoms with Crippen molar-refractivity contribution >= 4 is 18.0 Å². The van der Waals surface area contributed by atoms with Gasteiger partial charge >= 0.3 is 11.9 Å². The lowest BCUT2D eigenvalue weighted by atomic mass is 10.1. The van der Waals surface area contributed by atoms with E-state index in [1.54, 1.807) is 25.3 Å². The van der Waals surface area contributed by atoms with Crippen LogP contribution in [0, 0.1) is 0 Å². The van der Waals surface area contributed by atoms with Crippen LogP contribution in [0.1, 0.15) is 23.6 Å². The van der Waals surface area contributed by atoms with E-state index in [2.05, 4.69) is 0 Å². The summed E-state index contributed by atoms with van der Waals surface area (Å²) in [7, 11) is 1.56. The van der Waals surface area contributed by atoms with Crippen LogP contribution in [0.15, 0.2) is 84.9 Å². The van der Waals surface area contributed by atoms with Crippen LogP contribution >= 0.6 is 0 Å². The molecule has 0 saturated carbocycles. The monoisotopic (exact) mass is 418 g/mol. The van der Waals surface area contributed by atoms with Gasteiger partial charge in [0.15, 0.2) is 11.5 Å². The normalized spacial score (nSPS) is 10.1. The second-order valence-corrected chi connectivity index (χ2v) is 6.60. The van der Waals surface area contributed by atoms with Crippen LogP contribution in [0.3, 0.4) is 0 Å². The average molecular weight is 418 g/mol. The van der Waals surface area contributed by atoms with Gasteiger partial charge in [-0.15, -0.1) is 0 Å². The third kappa shape index (κ3) is 8.58. The smallest absolute Gasteiger partial charge is 0.315 e. The number of esters is 1. The molecule has 0 aliphatic heterocycles. The molecule has 0 amide bonds. The first-order valence-electron chi connectivity index (χ1n) is 9.83. The minimum Gasteiger partial charge on any atom is -0.493 e. The van der Waals surface area contributed by atoms with E-state index in [0.717, 1.165) is 16.7 Å². The molecule has 1 N–H and O–H groups in total. The van der Waals surface area contributed by atoms with Gasteiger partial charge in [0.05, 0.1) is 20.0 Å². The molecule has 0 fully saturated rings. The first kappa shape index (κ1) is 23.4. The Labute approximate surface area is 182 Å². The number of methoxy groups -OCH3 is 1. The summed E-state index contributed by atoms with van der Waals surface area (Å²) < 4.78 is 10.7. The average Bonchev–Trinajstić information content (AvgIpc) is 2.76. The highest BCUT2D eigenvalue weighted by atomic mass is 16.6. The maximum atomic E-state index is 12.0. The molecule has 3 rings (SSSR count). The van der Waals surface area contributed by atoms with E-state index < -0.39 is 5.97 Å². The first-order chi connectivity index (χ1) is 15.0. The summed E-state index contributed by atoms with van der Waals surface area (Å²) in [5, 5.41) is 8.37. The SMILES string of the molecule is C/C=C/c1ccc(OC(=O)Cc2ccccc2)c(OC)c1.O=C(O)Cc1ccccc1. The Morgan fingerprint density at radius 3 is 1.94 bits per heavy atom. The maximum absolute atomic E-state index is 12.0. The van der Waals surface area contributed by atoms with E-state index in [0.29, 0.717) is 11.5 Å². The molecule has 0 spiro atoms. The van der Waals surface area contributed by atoms with Crippen molar-refractivity contribution in [2.75, 3.05) is 7.11 Å². The van der Waals surface area contributed by atoms with E-state index in [9.17, 15) is 9.59 Å². The van der Waals surface area contributed by atoms with Gasteiger partial charge < -0.3 is 14.6 Å². The van der Waals surface area contributed by atoms with Crippen molar-refractivity contribution in [3.05, 3.63) is 102 Å². The summed E-state index contributed by atoms with van der Waals surface area (Å²) >= 11 is 0. The highest BCUT2D eigenvalue weighted by Crippen LogP contribution is 2.29. The zero-order valence-corrected chi connectivity index (χ0v) is 17.7. The third-order valence-electron chi connectivity index (χ3n) is 4.16. The van der Waals surface area contributed by atoms with Crippen LogP contribution in [0.5, 0.6) is 11.5 Å². The van der Waals surface area contributed by atoms with Gasteiger partial charge in [0.1, 0.15) is 0 Å². The maximum Gasteiger partial charge on any atom is 0.315 e. The van der Waals surface area contributed by atoms with Gasteiger partial charge in [-0.05, 0) is 35.7 Å². The topological polar surface area (TPSA) is 72.8 Å². The molecule has 5 heteroatoms. The van der Waals surface area contributed by atoms with Gasteiger partial charge in [0, 0.05) is 0 Å². The minimum atomic E-state index is -0.786. The van der Waals surface area contributed by atoms with Gasteiger partial charge in [-0.3, -0.25) is 9.59 Å². The molecule has 0 bridgehead atoms. The summed E-state index contributed by atoms with van der Waals surface area (Å²) in [5.74, 6) is -0.108. The number of hydrogen-bond donors (Lipinski definition) is 1. The van der Waals surface area contributed by atoms with E-state index in [1.807, 2.05) is 79.7 Å². The Morgan fingerprint density at radius 2 is 1.42 bits per heavy atom. The number of allylic oxidation sites excluding steroid dienone is 1. The highest BCUT2D eigenvalue weighted by molar-refractivity contribution is 5.76. The Hall–Kier alpha value is -3.86. The molecule has 160 valence electrons. The van der Waals surface area contributed by atoms with Crippen molar-refractivity contribution < 1.29 is 24.2 Å². The molecule has 0 saturated heterocycles. The van der Waals surface area contributed by atoms with Crippen LogP contribution in [-0.4, -0.2) is 24.2 Å². The van der Waals surface area contributed by atoms with Crippen molar-refractivity contribution in [3.8, 4) is 11.5 Å². The van der Waals surface area contributed by atoms with Gasteiger partial charge in [-0.1, -0.05) is 78.9 Å². The van der Waals surface area contributed by atoms with Gasteiger partial charge in [0.25, 0.3) is 0 Å². The predicted octanol–water partition coefficient (Wildman–Crippen LogP) is 5.19. The predicted molar refractivity (Wildman–Crippen MR) is 121 cm³/mol. The fourth-order valence-corrected chi connectivity index (χ4v) is 2.76. The van der Waals surface area contributed by atoms with Gasteiger partial charge in [0.2, 0.25) is 0 Å². The van der Waals surface area contributed by atoms with Gasteiger partial charge in [-0.2, -0.15) is 0 Å². The second kappa shape index (κ2) is 12.6. The van der Waals surface area contributed by atoms with Crippen LogP contribution in [0.2, 0.25) is 0 Å². The van der Waals surface area contributed by atoms with Crippen LogP contribution in [0.4, 0.5) is 0 Å². The number of ether oxygens (including phenoxy) is 2. The van der Waals surface area contributed by atoms with Crippen LogP contribution < -0.4 is 9.47 Å². The molecule has 0 aliphatic rings. The lowest BCUT2D eigenvalue weighted by molar-refractivity contribution is -0.136. The van der Waals surface area contributed by atoms with Crippen molar-refractivity contribution in [1.29, 1.82) is 0 Å². The molecular weight excluding hydrogens is 392 g/mol. The van der Waals surface area contributed by atoms with E-state index in [-0.39, 0.29) is 18.8 Å². The van der Waals surface area contributed by atoms with E-state index >= 15 is 0 Å². The molecule has 31 heavy (non-hydrogen) atoms. The molecule has 0 atom stereocenters. The molecule has 3 aromatic rings. The highest BCUT2D eigenvalue weighted by Gasteiger charge is 2.11. The molecule has 0 aliphatic carbocycles. The number of rotatable bonds is 7. The zero-order chi connectivity index (χ0) is 22.5. The number of aliphatic carboxylic acids is 1. The fourth-order valence-electron chi connectivity index (χ4n) is 2.76. The number of carboxylic acid groups (broad SMARTS) is 1. The molecule has 0 radical (unpaired) electrons. The largest absolute Gasteiger partial charge is 0.493 e. The summed E-state index contributed by atoms with van der Waals surface area (Å²) in [6.45, 7) is 1.94. The van der Waals surface area contributed by atoms with Crippen molar-refractivity contribution in [2.24, 2.45) is 0 Å². The van der Waals surface area contributed by atoms with E-state index in [1.165, 1.54) is 0 Å². The third-order valence-corrected chi connectivity index (χ3v) is 4.16. The number of carbonyl (C=O) groups is 2. The summed E-state index contributed by atoms with van der Waals surface area (Å²) in [6.07, 6.45) is 4.25. The Balaban J connectivity index is 0.000000285. The molecular formula is C26H26O5. The van der Waals surface area contributed by atoms with Crippen LogP contribution in [-0.2, 0) is 22.4 Å². The molecule has 0 unspecified atom stereocenters. The summed E-state index contributed by atoms with van der Waals surface area (Å²) in [6, 6.07) is 24.1. The number of benzene rings is 3. The zero-order valence-electron chi connectivity index (χ0n) is 17.7. The minimum absolute atomic E-state index is 0.112. The van der Waals surface area contributed by atoms with Crippen molar-refractivity contribution in [2.45, 2.75) is 19.8 Å². The number of hydrogen-bond acceptors (Lipinski definition) is 4. The number of carboxylic acids is 1. The molecule has 5 nitrogen and oxygen atoms in total. The molecule has 0 heterocycles. The van der Waals surface area contributed by atoms with Crippen molar-refractivity contribution in [1.82, 2.24) is 0 Å². The number of carbonyl (C=O) groups excluding carboxylic acids is 1. The summed E-state index contributed by atoms with van der Waals surface area (Å²) in [4.78, 5) is 22.1. The lowest BCUT2D eigenvalue weighted by Crippen LogP contribution is -2.11. The Bertz CT molecular complexity index is 995. The lowest BCUT2D eigenvalue weighted by Gasteiger charge is -2.10. The quantitative estimate of drug-likeness (QED) is 0.422. The first-order valence-corrected chi connectivity index (χ1v) is 9.83. The Morgan fingerprint density at radius 1 is 0.839 bits per heavy atom. The molecule has 3 aromatic carbocycles. The van der Waals surface area contributed by atoms with Crippen LogP contribution in [0.25, 0.3) is 6.08 Å². The second-order valence-electron chi connectivity index (χ2n) is 6.60. The van der Waals surface area contributed by atoms with E-state index in [4.69, 9.17) is 14.6 Å². The summed E-state index contributed by atoms with van der Waals surface area (Å²) in [5.41, 5.74) is 2.76. The Kier molecular flexibility index (Phi) is 9.56. The standard InChI is InChI=1S/C18H18O3.C8H8O2/c1-3-7-14-10-11-16(17(12-14)20-2)21-18(19)13-15-8-5-4-6-9-15;9-8(10)6-7-4-2-1-3-5-7/h3-12H,13H2,1-2H3;1-5H,6H2,(H,9,10)/b7-3+;. The molecule has 0 aromatic heterocycles. The fraction of sp³-hybridized carbons (Fsp3) is 0.154. The van der Waals surface area contributed by atoms with Gasteiger partial charge in [-0.25, -0.2) is 0 Å².